The SMILES string of the molecule is CC1=CC(C)=NC(c2ccc(C3C=CC(C4=NC(c5ccc(-c6ccccc6)cc5)NC(c5ccc6c(c5)C(C)(C)c5ccccc5-6)=N4)=CC3)cc2)N1C. The maximum Gasteiger partial charge on any atom is 0.159 e. The van der Waals surface area contributed by atoms with Crippen molar-refractivity contribution in [1.82, 2.24) is 10.2 Å². The van der Waals surface area contributed by atoms with E-state index in [0.29, 0.717) is 0 Å². The average Bonchev–Trinajstić information content (AvgIpc) is 3.45. The normalized spacial score (nSPS) is 21.2. The summed E-state index contributed by atoms with van der Waals surface area (Å²) in [4.78, 5) is 17.6. The van der Waals surface area contributed by atoms with Crippen molar-refractivity contribution in [2.45, 2.75) is 57.8 Å². The molecule has 0 aromatic heterocycles. The van der Waals surface area contributed by atoms with Crippen molar-refractivity contribution in [3.05, 3.63) is 190 Å². The fraction of sp³-hybridized carbons (Fsp3) is 0.204. The van der Waals surface area contributed by atoms with E-state index in [1.807, 2.05) is 0 Å². The maximum absolute atomic E-state index is 5.24. The van der Waals surface area contributed by atoms with Crippen LogP contribution >= 0.6 is 0 Å². The summed E-state index contributed by atoms with van der Waals surface area (Å²) in [5.41, 5.74) is 15.6. The lowest BCUT2D eigenvalue weighted by Gasteiger charge is -2.31. The van der Waals surface area contributed by atoms with E-state index in [2.05, 4.69) is 191 Å². The number of benzene rings is 5. The van der Waals surface area contributed by atoms with E-state index in [1.165, 1.54) is 50.2 Å². The van der Waals surface area contributed by atoms with Gasteiger partial charge >= 0.3 is 0 Å². The lowest BCUT2D eigenvalue weighted by Crippen LogP contribution is -2.34. The zero-order chi connectivity index (χ0) is 37.0. The second-order valence-corrected chi connectivity index (χ2v) is 15.4. The zero-order valence-corrected chi connectivity index (χ0v) is 31.6. The first kappa shape index (κ1) is 33.7. The molecule has 0 bridgehead atoms. The number of hydrogen-bond donors (Lipinski definition) is 1. The van der Waals surface area contributed by atoms with E-state index in [1.54, 1.807) is 0 Å². The molecule has 2 aliphatic heterocycles. The fourth-order valence-corrected chi connectivity index (χ4v) is 8.40. The van der Waals surface area contributed by atoms with Gasteiger partial charge in [0.25, 0.3) is 0 Å². The molecule has 3 atom stereocenters. The number of allylic oxidation sites excluding steroid dienone is 4. The van der Waals surface area contributed by atoms with Crippen molar-refractivity contribution in [1.29, 1.82) is 0 Å². The molecule has 5 aromatic rings. The smallest absolute Gasteiger partial charge is 0.159 e. The lowest BCUT2D eigenvalue weighted by atomic mass is 9.82. The molecule has 0 radical (unpaired) electrons. The van der Waals surface area contributed by atoms with Crippen molar-refractivity contribution in [2.75, 3.05) is 7.05 Å². The fourth-order valence-electron chi connectivity index (χ4n) is 8.40. The van der Waals surface area contributed by atoms with Crippen LogP contribution in [0, 0.1) is 0 Å². The first-order valence-electron chi connectivity index (χ1n) is 19.0. The highest BCUT2D eigenvalue weighted by Crippen LogP contribution is 2.48. The van der Waals surface area contributed by atoms with E-state index < -0.39 is 0 Å². The van der Waals surface area contributed by atoms with Crippen LogP contribution < -0.4 is 5.32 Å². The van der Waals surface area contributed by atoms with Crippen LogP contribution in [0.4, 0.5) is 0 Å². The van der Waals surface area contributed by atoms with Crippen LogP contribution in [0.1, 0.15) is 85.7 Å². The van der Waals surface area contributed by atoms with Gasteiger partial charge in [0.2, 0.25) is 0 Å². The number of fused-ring (bicyclic) bond motifs is 3. The summed E-state index contributed by atoms with van der Waals surface area (Å²) in [5, 5.41) is 3.72. The summed E-state index contributed by atoms with van der Waals surface area (Å²) in [6, 6.07) is 43.8. The molecule has 0 amide bonds. The van der Waals surface area contributed by atoms with Gasteiger partial charge in [-0.25, -0.2) is 9.98 Å². The second kappa shape index (κ2) is 13.4. The zero-order valence-electron chi connectivity index (χ0n) is 31.6. The Morgan fingerprint density at radius 3 is 2.11 bits per heavy atom. The minimum atomic E-state index is -0.280. The predicted octanol–water partition coefficient (Wildman–Crippen LogP) is 11.1. The molecule has 2 aliphatic carbocycles. The van der Waals surface area contributed by atoms with Crippen LogP contribution in [0.3, 0.4) is 0 Å². The summed E-state index contributed by atoms with van der Waals surface area (Å²) in [7, 11) is 2.11. The van der Waals surface area contributed by atoms with E-state index >= 15 is 0 Å². The highest BCUT2D eigenvalue weighted by Gasteiger charge is 2.36. The molecule has 4 aliphatic rings. The number of nitrogens with zero attached hydrogens (tertiary/aromatic N) is 4. The number of nitrogens with one attached hydrogen (secondary N) is 1. The third-order valence-electron chi connectivity index (χ3n) is 11.6. The first-order valence-corrected chi connectivity index (χ1v) is 19.0. The number of rotatable bonds is 6. The van der Waals surface area contributed by atoms with Crippen LogP contribution in [0.2, 0.25) is 0 Å². The number of hydrogen-bond acceptors (Lipinski definition) is 5. The van der Waals surface area contributed by atoms with Crippen molar-refractivity contribution in [3.63, 3.8) is 0 Å². The molecule has 5 aromatic carbocycles. The minimum Gasteiger partial charge on any atom is -0.353 e. The molecule has 9 rings (SSSR count). The van der Waals surface area contributed by atoms with Crippen molar-refractivity contribution >= 4 is 17.4 Å². The Morgan fingerprint density at radius 2 is 1.35 bits per heavy atom. The molecule has 0 saturated carbocycles. The van der Waals surface area contributed by atoms with Crippen molar-refractivity contribution in [2.24, 2.45) is 15.0 Å². The largest absolute Gasteiger partial charge is 0.353 e. The van der Waals surface area contributed by atoms with Crippen molar-refractivity contribution < 1.29 is 0 Å². The Balaban J connectivity index is 1.02. The highest BCUT2D eigenvalue weighted by atomic mass is 15.2. The van der Waals surface area contributed by atoms with Crippen LogP contribution in [0.5, 0.6) is 0 Å². The van der Waals surface area contributed by atoms with Gasteiger partial charge in [-0.1, -0.05) is 147 Å². The van der Waals surface area contributed by atoms with Gasteiger partial charge in [0.1, 0.15) is 18.2 Å². The van der Waals surface area contributed by atoms with Gasteiger partial charge in [0.05, 0.1) is 0 Å². The minimum absolute atomic E-state index is 0.0111. The third kappa shape index (κ3) is 6.04. The van der Waals surface area contributed by atoms with Gasteiger partial charge in [-0.2, -0.15) is 0 Å². The van der Waals surface area contributed by atoms with Crippen LogP contribution in [-0.2, 0) is 5.41 Å². The van der Waals surface area contributed by atoms with Gasteiger partial charge in [-0.15, -0.1) is 0 Å². The molecule has 3 unspecified atom stereocenters. The van der Waals surface area contributed by atoms with Crippen molar-refractivity contribution in [3.8, 4) is 22.3 Å². The number of amidine groups is 2. The van der Waals surface area contributed by atoms with Crippen LogP contribution in [0.15, 0.2) is 172 Å². The molecule has 1 N–H and O–H groups in total. The summed E-state index contributed by atoms with van der Waals surface area (Å²) < 4.78 is 0. The summed E-state index contributed by atoms with van der Waals surface area (Å²) in [5.74, 6) is 1.88. The topological polar surface area (TPSA) is 52.4 Å². The summed E-state index contributed by atoms with van der Waals surface area (Å²) >= 11 is 0. The molecule has 0 spiro atoms. The van der Waals surface area contributed by atoms with E-state index in [0.717, 1.165) is 40.5 Å². The molecule has 5 heteroatoms. The van der Waals surface area contributed by atoms with E-state index in [-0.39, 0.29) is 23.7 Å². The standard InChI is InChI=1S/C49H45N5/c1-31-29-32(2)54(5)48(50-31)39-25-19-36(20-26-39)35-17-23-38(24-18-35)46-51-45(37-21-15-34(16-22-37)33-11-7-6-8-12-33)52-47(53-46)40-27-28-42-41-13-9-10-14-43(41)49(3,4)44(42)30-40/h6-17,19-30,35,45,48H,18H2,1-5H3,(H,51,52,53). The molecule has 0 fully saturated rings. The van der Waals surface area contributed by atoms with Crippen LogP contribution in [-0.4, -0.2) is 29.3 Å². The number of aliphatic imine (C=N–C) groups is 3. The Morgan fingerprint density at radius 1 is 0.685 bits per heavy atom. The average molecular weight is 704 g/mol. The molecule has 0 saturated heterocycles. The first-order chi connectivity index (χ1) is 26.2. The summed E-state index contributed by atoms with van der Waals surface area (Å²) in [6.45, 7) is 8.87. The molecular weight excluding hydrogens is 659 g/mol. The van der Waals surface area contributed by atoms with E-state index in [4.69, 9.17) is 15.0 Å². The van der Waals surface area contributed by atoms with E-state index in [9.17, 15) is 0 Å². The van der Waals surface area contributed by atoms with Gasteiger partial charge < -0.3 is 10.2 Å². The van der Waals surface area contributed by atoms with Gasteiger partial charge in [-0.05, 0) is 82.5 Å². The van der Waals surface area contributed by atoms with Gasteiger partial charge in [-0.3, -0.25) is 4.99 Å². The lowest BCUT2D eigenvalue weighted by molar-refractivity contribution is 0.314. The monoisotopic (exact) mass is 703 g/mol. The molecular formula is C49H45N5. The second-order valence-electron chi connectivity index (χ2n) is 15.4. The maximum atomic E-state index is 5.24. The van der Waals surface area contributed by atoms with Gasteiger partial charge in [0.15, 0.2) is 5.84 Å². The third-order valence-corrected chi connectivity index (χ3v) is 11.6. The highest BCUT2D eigenvalue weighted by molar-refractivity contribution is 6.14. The molecule has 54 heavy (non-hydrogen) atoms. The Kier molecular flexibility index (Phi) is 8.38. The summed E-state index contributed by atoms with van der Waals surface area (Å²) in [6.07, 6.45) is 9.57. The Bertz CT molecular complexity index is 2440. The molecule has 2 heterocycles. The molecule has 266 valence electrons. The Labute approximate surface area is 318 Å². The molecule has 5 nitrogen and oxygen atoms in total. The quantitative estimate of drug-likeness (QED) is 0.191. The van der Waals surface area contributed by atoms with Crippen LogP contribution in [0.25, 0.3) is 22.3 Å². The predicted molar refractivity (Wildman–Crippen MR) is 224 cm³/mol. The van der Waals surface area contributed by atoms with Gasteiger partial charge in [0, 0.05) is 40.9 Å². The Hall–Kier alpha value is -6.07.